The van der Waals surface area contributed by atoms with E-state index in [0.717, 1.165) is 56.3 Å². The highest BCUT2D eigenvalue weighted by molar-refractivity contribution is 5.94. The lowest BCUT2D eigenvalue weighted by Gasteiger charge is -2.30. The first-order valence-electron chi connectivity index (χ1n) is 10.1. The van der Waals surface area contributed by atoms with Crippen LogP contribution in [0.1, 0.15) is 73.4 Å². The average Bonchev–Trinajstić information content (AvgIpc) is 3.40. The van der Waals surface area contributed by atoms with Crippen molar-refractivity contribution in [3.05, 3.63) is 41.5 Å². The summed E-state index contributed by atoms with van der Waals surface area (Å²) in [5.41, 5.74) is 2.00. The molecule has 2 fully saturated rings. The van der Waals surface area contributed by atoms with Crippen LogP contribution in [-0.2, 0) is 0 Å². The fourth-order valence-corrected chi connectivity index (χ4v) is 3.95. The summed E-state index contributed by atoms with van der Waals surface area (Å²) < 4.78 is 5.44. The number of anilines is 1. The predicted molar refractivity (Wildman–Crippen MR) is 104 cm³/mol. The number of aromatic nitrogens is 2. The molecule has 0 saturated carbocycles. The number of benzene rings is 1. The molecule has 0 atom stereocenters. The number of piperidine rings is 1. The number of amides is 1. The number of carbonyl (C=O) groups excluding carboxylic acids is 1. The minimum Gasteiger partial charge on any atom is -0.372 e. The zero-order valence-electron chi connectivity index (χ0n) is 16.2. The van der Waals surface area contributed by atoms with Crippen LogP contribution in [0.5, 0.6) is 0 Å². The Balaban J connectivity index is 1.35. The number of hydrogen-bond acceptors (Lipinski definition) is 5. The highest BCUT2D eigenvalue weighted by atomic mass is 16.5. The summed E-state index contributed by atoms with van der Waals surface area (Å²) in [5, 5.41) is 4.06. The van der Waals surface area contributed by atoms with Gasteiger partial charge in [-0.05, 0) is 49.9 Å². The van der Waals surface area contributed by atoms with Gasteiger partial charge in [0.2, 0.25) is 5.89 Å². The molecule has 1 aromatic heterocycles. The fourth-order valence-electron chi connectivity index (χ4n) is 3.95. The Morgan fingerprint density at radius 2 is 1.74 bits per heavy atom. The molecule has 0 radical (unpaired) electrons. The van der Waals surface area contributed by atoms with Gasteiger partial charge >= 0.3 is 0 Å². The van der Waals surface area contributed by atoms with E-state index in [4.69, 9.17) is 4.52 Å². The van der Waals surface area contributed by atoms with Gasteiger partial charge in [0.15, 0.2) is 5.82 Å². The Bertz CT molecular complexity index is 770. The van der Waals surface area contributed by atoms with Gasteiger partial charge in [0.1, 0.15) is 0 Å². The van der Waals surface area contributed by atoms with E-state index < -0.39 is 0 Å². The van der Waals surface area contributed by atoms with Crippen LogP contribution in [0, 0.1) is 0 Å². The predicted octanol–water partition coefficient (Wildman–Crippen LogP) is 3.81. The van der Waals surface area contributed by atoms with Crippen LogP contribution < -0.4 is 4.90 Å². The van der Waals surface area contributed by atoms with Crippen LogP contribution in [0.15, 0.2) is 28.8 Å². The first-order valence-corrected chi connectivity index (χ1v) is 10.1. The summed E-state index contributed by atoms with van der Waals surface area (Å²) in [5.74, 6) is 2.14. The lowest BCUT2D eigenvalue weighted by molar-refractivity contribution is 0.0704. The quantitative estimate of drug-likeness (QED) is 0.821. The van der Waals surface area contributed by atoms with Gasteiger partial charge in [-0.3, -0.25) is 4.79 Å². The van der Waals surface area contributed by atoms with E-state index in [9.17, 15) is 4.79 Å². The molecule has 144 valence electrons. The maximum absolute atomic E-state index is 12.8. The smallest absolute Gasteiger partial charge is 0.253 e. The maximum atomic E-state index is 12.8. The highest BCUT2D eigenvalue weighted by Crippen LogP contribution is 2.29. The van der Waals surface area contributed by atoms with Gasteiger partial charge in [0, 0.05) is 49.3 Å². The summed E-state index contributed by atoms with van der Waals surface area (Å²) in [7, 11) is 0. The largest absolute Gasteiger partial charge is 0.372 e. The molecule has 1 aromatic carbocycles. The third-order valence-corrected chi connectivity index (χ3v) is 5.69. The van der Waals surface area contributed by atoms with E-state index in [-0.39, 0.29) is 17.7 Å². The molecule has 0 unspecified atom stereocenters. The second-order valence-corrected chi connectivity index (χ2v) is 7.95. The zero-order chi connectivity index (χ0) is 18.8. The van der Waals surface area contributed by atoms with Crippen LogP contribution in [0.25, 0.3) is 0 Å². The molecule has 2 aromatic rings. The molecule has 0 aliphatic carbocycles. The highest BCUT2D eigenvalue weighted by Gasteiger charge is 2.28. The Labute approximate surface area is 160 Å². The van der Waals surface area contributed by atoms with Gasteiger partial charge in [-0.15, -0.1) is 0 Å². The minimum atomic E-state index is 0.120. The van der Waals surface area contributed by atoms with Crippen molar-refractivity contribution in [2.24, 2.45) is 0 Å². The molecule has 6 heteroatoms. The second kappa shape index (κ2) is 7.71. The zero-order valence-corrected chi connectivity index (χ0v) is 16.2. The van der Waals surface area contributed by atoms with Crippen LogP contribution in [0.4, 0.5) is 5.69 Å². The molecule has 2 aliphatic rings. The van der Waals surface area contributed by atoms with Crippen molar-refractivity contribution < 1.29 is 9.32 Å². The number of nitrogens with zero attached hydrogens (tertiary/aromatic N) is 4. The molecule has 27 heavy (non-hydrogen) atoms. The van der Waals surface area contributed by atoms with Crippen molar-refractivity contribution >= 4 is 11.6 Å². The van der Waals surface area contributed by atoms with Crippen LogP contribution in [0.2, 0.25) is 0 Å². The Kier molecular flexibility index (Phi) is 5.14. The number of likely N-dealkylation sites (tertiary alicyclic amines) is 1. The Hall–Kier alpha value is -2.37. The molecule has 0 bridgehead atoms. The minimum absolute atomic E-state index is 0.120. The van der Waals surface area contributed by atoms with E-state index in [1.165, 1.54) is 18.5 Å². The normalized spacial score (nSPS) is 18.5. The Morgan fingerprint density at radius 1 is 1.07 bits per heavy atom. The van der Waals surface area contributed by atoms with Gasteiger partial charge in [0.25, 0.3) is 5.91 Å². The lowest BCUT2D eigenvalue weighted by Crippen LogP contribution is -2.38. The SMILES string of the molecule is CC(C)c1noc(C2CCN(C(=O)c3ccc(N4CCCC4)cc3)CC2)n1. The molecule has 6 nitrogen and oxygen atoms in total. The summed E-state index contributed by atoms with van der Waals surface area (Å²) in [4.78, 5) is 21.7. The summed E-state index contributed by atoms with van der Waals surface area (Å²) >= 11 is 0. The average molecular weight is 368 g/mol. The first-order chi connectivity index (χ1) is 13.1. The standard InChI is InChI=1S/C21H28N4O2/c1-15(2)19-22-20(27-23-19)16-9-13-25(14-10-16)21(26)17-5-7-18(8-6-17)24-11-3-4-12-24/h5-8,15-16H,3-4,9-14H2,1-2H3. The first kappa shape index (κ1) is 18.0. The van der Waals surface area contributed by atoms with Crippen LogP contribution in [-0.4, -0.2) is 47.1 Å². The van der Waals surface area contributed by atoms with Crippen molar-refractivity contribution in [1.29, 1.82) is 0 Å². The van der Waals surface area contributed by atoms with Crippen molar-refractivity contribution in [1.82, 2.24) is 15.0 Å². The molecule has 0 N–H and O–H groups in total. The monoisotopic (exact) mass is 368 g/mol. The van der Waals surface area contributed by atoms with Gasteiger partial charge in [0.05, 0.1) is 0 Å². The third-order valence-electron chi connectivity index (χ3n) is 5.69. The van der Waals surface area contributed by atoms with E-state index in [1.54, 1.807) is 0 Å². The van der Waals surface area contributed by atoms with Gasteiger partial charge in [-0.1, -0.05) is 19.0 Å². The number of rotatable bonds is 4. The van der Waals surface area contributed by atoms with E-state index in [1.807, 2.05) is 17.0 Å². The molecule has 1 amide bonds. The van der Waals surface area contributed by atoms with Crippen molar-refractivity contribution in [2.45, 2.75) is 51.4 Å². The molecular formula is C21H28N4O2. The number of carbonyl (C=O) groups is 1. The molecule has 2 aliphatic heterocycles. The maximum Gasteiger partial charge on any atom is 0.253 e. The summed E-state index contributed by atoms with van der Waals surface area (Å²) in [6.07, 6.45) is 4.26. The third kappa shape index (κ3) is 3.84. The van der Waals surface area contributed by atoms with E-state index in [0.29, 0.717) is 0 Å². The summed E-state index contributed by atoms with van der Waals surface area (Å²) in [6.45, 7) is 7.83. The van der Waals surface area contributed by atoms with Gasteiger partial charge < -0.3 is 14.3 Å². The molecule has 3 heterocycles. The van der Waals surface area contributed by atoms with Crippen LogP contribution >= 0.6 is 0 Å². The van der Waals surface area contributed by atoms with Crippen molar-refractivity contribution in [3.63, 3.8) is 0 Å². The summed E-state index contributed by atoms with van der Waals surface area (Å²) in [6, 6.07) is 8.10. The van der Waals surface area contributed by atoms with Gasteiger partial charge in [-0.2, -0.15) is 4.98 Å². The van der Waals surface area contributed by atoms with Crippen molar-refractivity contribution in [3.8, 4) is 0 Å². The van der Waals surface area contributed by atoms with Crippen LogP contribution in [0.3, 0.4) is 0 Å². The molecular weight excluding hydrogens is 340 g/mol. The second-order valence-electron chi connectivity index (χ2n) is 7.95. The lowest BCUT2D eigenvalue weighted by atomic mass is 9.96. The van der Waals surface area contributed by atoms with E-state index in [2.05, 4.69) is 41.0 Å². The molecule has 2 saturated heterocycles. The number of hydrogen-bond donors (Lipinski definition) is 0. The Morgan fingerprint density at radius 3 is 2.33 bits per heavy atom. The molecule has 4 rings (SSSR count). The topological polar surface area (TPSA) is 62.5 Å². The molecule has 0 spiro atoms. The van der Waals surface area contributed by atoms with Crippen molar-refractivity contribution in [2.75, 3.05) is 31.1 Å². The van der Waals surface area contributed by atoms with Gasteiger partial charge in [-0.25, -0.2) is 0 Å². The fraction of sp³-hybridized carbons (Fsp3) is 0.571. The van der Waals surface area contributed by atoms with E-state index >= 15 is 0 Å².